The SMILES string of the molecule is COc1ccc(C(=O)NCC(C)C)cc1COc1ccccc1OC. The van der Waals surface area contributed by atoms with Crippen molar-refractivity contribution in [1.82, 2.24) is 5.32 Å². The highest BCUT2D eigenvalue weighted by Crippen LogP contribution is 2.28. The van der Waals surface area contributed by atoms with Gasteiger partial charge in [-0.05, 0) is 36.2 Å². The van der Waals surface area contributed by atoms with Crippen molar-refractivity contribution in [3.8, 4) is 17.2 Å². The van der Waals surface area contributed by atoms with Gasteiger partial charge in [0.05, 0.1) is 14.2 Å². The highest BCUT2D eigenvalue weighted by molar-refractivity contribution is 5.94. The smallest absolute Gasteiger partial charge is 0.251 e. The second kappa shape index (κ2) is 8.97. The Morgan fingerprint density at radius 1 is 1.00 bits per heavy atom. The van der Waals surface area contributed by atoms with Crippen LogP contribution in [-0.4, -0.2) is 26.7 Å². The van der Waals surface area contributed by atoms with Gasteiger partial charge >= 0.3 is 0 Å². The number of ether oxygens (including phenoxy) is 3. The van der Waals surface area contributed by atoms with Gasteiger partial charge in [-0.1, -0.05) is 26.0 Å². The lowest BCUT2D eigenvalue weighted by atomic mass is 10.1. The van der Waals surface area contributed by atoms with Gasteiger partial charge in [0.1, 0.15) is 12.4 Å². The Labute approximate surface area is 148 Å². The summed E-state index contributed by atoms with van der Waals surface area (Å²) >= 11 is 0. The third-order valence-electron chi connectivity index (χ3n) is 3.67. The largest absolute Gasteiger partial charge is 0.496 e. The molecule has 0 fully saturated rings. The van der Waals surface area contributed by atoms with Gasteiger partial charge in [0.2, 0.25) is 0 Å². The Hall–Kier alpha value is -2.69. The molecule has 0 unspecified atom stereocenters. The van der Waals surface area contributed by atoms with Crippen LogP contribution in [0.1, 0.15) is 29.8 Å². The number of hydrogen-bond donors (Lipinski definition) is 1. The average molecular weight is 343 g/mol. The van der Waals surface area contributed by atoms with Crippen molar-refractivity contribution in [2.45, 2.75) is 20.5 Å². The molecule has 2 aromatic carbocycles. The summed E-state index contributed by atoms with van der Waals surface area (Å²) < 4.78 is 16.5. The minimum absolute atomic E-state index is 0.102. The van der Waals surface area contributed by atoms with Gasteiger partial charge in [0.15, 0.2) is 11.5 Å². The lowest BCUT2D eigenvalue weighted by Crippen LogP contribution is -2.27. The van der Waals surface area contributed by atoms with Crippen molar-refractivity contribution in [1.29, 1.82) is 0 Å². The van der Waals surface area contributed by atoms with Crippen LogP contribution in [0.5, 0.6) is 17.2 Å². The van der Waals surface area contributed by atoms with E-state index in [9.17, 15) is 4.79 Å². The maximum atomic E-state index is 12.3. The third kappa shape index (κ3) is 5.14. The molecule has 1 amide bonds. The summed E-state index contributed by atoms with van der Waals surface area (Å²) in [5.74, 6) is 2.27. The van der Waals surface area contributed by atoms with Gasteiger partial charge < -0.3 is 19.5 Å². The Morgan fingerprint density at radius 2 is 1.68 bits per heavy atom. The van der Waals surface area contributed by atoms with E-state index < -0.39 is 0 Å². The molecular weight excluding hydrogens is 318 g/mol. The van der Waals surface area contributed by atoms with E-state index in [1.165, 1.54) is 0 Å². The molecule has 2 rings (SSSR count). The first kappa shape index (κ1) is 18.6. The number of para-hydroxylation sites is 2. The molecule has 5 nitrogen and oxygen atoms in total. The number of carbonyl (C=O) groups excluding carboxylic acids is 1. The molecule has 1 N–H and O–H groups in total. The van der Waals surface area contributed by atoms with Crippen LogP contribution in [0.4, 0.5) is 0 Å². The van der Waals surface area contributed by atoms with E-state index in [-0.39, 0.29) is 12.5 Å². The summed E-state index contributed by atoms with van der Waals surface area (Å²) in [5, 5.41) is 2.91. The molecule has 0 bridgehead atoms. The molecule has 0 heterocycles. The molecule has 0 saturated carbocycles. The van der Waals surface area contributed by atoms with Gasteiger partial charge in [0, 0.05) is 17.7 Å². The molecule has 0 aliphatic heterocycles. The monoisotopic (exact) mass is 343 g/mol. The van der Waals surface area contributed by atoms with Crippen molar-refractivity contribution in [2.24, 2.45) is 5.92 Å². The van der Waals surface area contributed by atoms with E-state index >= 15 is 0 Å². The topological polar surface area (TPSA) is 56.8 Å². The Bertz CT molecular complexity index is 713. The van der Waals surface area contributed by atoms with Gasteiger partial charge in [-0.25, -0.2) is 0 Å². The van der Waals surface area contributed by atoms with Crippen molar-refractivity contribution >= 4 is 5.91 Å². The lowest BCUT2D eigenvalue weighted by molar-refractivity contribution is 0.0949. The second-order valence-electron chi connectivity index (χ2n) is 6.07. The molecule has 0 aromatic heterocycles. The molecular formula is C20H25NO4. The normalized spacial score (nSPS) is 10.4. The first-order valence-electron chi connectivity index (χ1n) is 8.26. The first-order chi connectivity index (χ1) is 12.0. The van der Waals surface area contributed by atoms with E-state index in [0.717, 1.165) is 5.56 Å². The van der Waals surface area contributed by atoms with Crippen LogP contribution >= 0.6 is 0 Å². The number of methoxy groups -OCH3 is 2. The quantitative estimate of drug-likeness (QED) is 0.794. The lowest BCUT2D eigenvalue weighted by Gasteiger charge is -2.14. The van der Waals surface area contributed by atoms with Gasteiger partial charge in [-0.3, -0.25) is 4.79 Å². The van der Waals surface area contributed by atoms with Crippen molar-refractivity contribution in [2.75, 3.05) is 20.8 Å². The molecule has 25 heavy (non-hydrogen) atoms. The number of amides is 1. The maximum Gasteiger partial charge on any atom is 0.251 e. The molecule has 0 spiro atoms. The molecule has 0 atom stereocenters. The fourth-order valence-electron chi connectivity index (χ4n) is 2.33. The summed E-state index contributed by atoms with van der Waals surface area (Å²) in [6.07, 6.45) is 0. The van der Waals surface area contributed by atoms with Gasteiger partial charge in [-0.15, -0.1) is 0 Å². The summed E-state index contributed by atoms with van der Waals surface area (Å²) in [5.41, 5.74) is 1.38. The van der Waals surface area contributed by atoms with Crippen LogP contribution in [-0.2, 0) is 6.61 Å². The zero-order valence-electron chi connectivity index (χ0n) is 15.2. The predicted octanol–water partition coefficient (Wildman–Crippen LogP) is 3.67. The molecule has 0 radical (unpaired) electrons. The Balaban J connectivity index is 2.15. The van der Waals surface area contributed by atoms with Crippen LogP contribution in [0, 0.1) is 5.92 Å². The number of nitrogens with one attached hydrogen (secondary N) is 1. The Kier molecular flexibility index (Phi) is 6.69. The van der Waals surface area contributed by atoms with Crippen LogP contribution in [0.2, 0.25) is 0 Å². The Morgan fingerprint density at radius 3 is 2.32 bits per heavy atom. The van der Waals surface area contributed by atoms with E-state index in [2.05, 4.69) is 19.2 Å². The van der Waals surface area contributed by atoms with Crippen LogP contribution in [0.25, 0.3) is 0 Å². The number of rotatable bonds is 8. The van der Waals surface area contributed by atoms with Crippen molar-refractivity contribution < 1.29 is 19.0 Å². The molecule has 0 aliphatic rings. The summed E-state index contributed by atoms with van der Waals surface area (Å²) in [6.45, 7) is 5.02. The summed E-state index contributed by atoms with van der Waals surface area (Å²) in [6, 6.07) is 12.8. The van der Waals surface area contributed by atoms with Crippen LogP contribution in [0.15, 0.2) is 42.5 Å². The minimum atomic E-state index is -0.102. The number of benzene rings is 2. The van der Waals surface area contributed by atoms with Crippen molar-refractivity contribution in [3.05, 3.63) is 53.6 Å². The van der Waals surface area contributed by atoms with Crippen molar-refractivity contribution in [3.63, 3.8) is 0 Å². The number of hydrogen-bond acceptors (Lipinski definition) is 4. The summed E-state index contributed by atoms with van der Waals surface area (Å²) in [4.78, 5) is 12.3. The highest BCUT2D eigenvalue weighted by atomic mass is 16.5. The van der Waals surface area contributed by atoms with Gasteiger partial charge in [0.25, 0.3) is 5.91 Å². The molecule has 134 valence electrons. The predicted molar refractivity (Wildman–Crippen MR) is 97.5 cm³/mol. The second-order valence-corrected chi connectivity index (χ2v) is 6.07. The fraction of sp³-hybridized carbons (Fsp3) is 0.350. The van der Waals surface area contributed by atoms with E-state index in [1.54, 1.807) is 32.4 Å². The average Bonchev–Trinajstić information content (AvgIpc) is 2.64. The minimum Gasteiger partial charge on any atom is -0.496 e. The first-order valence-corrected chi connectivity index (χ1v) is 8.26. The fourth-order valence-corrected chi connectivity index (χ4v) is 2.33. The zero-order chi connectivity index (χ0) is 18.2. The van der Waals surface area contributed by atoms with E-state index in [1.807, 2.05) is 24.3 Å². The molecule has 5 heteroatoms. The van der Waals surface area contributed by atoms with E-state index in [0.29, 0.717) is 35.3 Å². The molecule has 0 saturated heterocycles. The van der Waals surface area contributed by atoms with Crippen LogP contribution < -0.4 is 19.5 Å². The molecule has 0 aliphatic carbocycles. The highest BCUT2D eigenvalue weighted by Gasteiger charge is 2.12. The maximum absolute atomic E-state index is 12.3. The third-order valence-corrected chi connectivity index (χ3v) is 3.67. The molecule has 2 aromatic rings. The van der Waals surface area contributed by atoms with E-state index in [4.69, 9.17) is 14.2 Å². The summed E-state index contributed by atoms with van der Waals surface area (Å²) in [7, 11) is 3.20. The standard InChI is InChI=1S/C20H25NO4/c1-14(2)12-21-20(22)15-9-10-17(23-3)16(11-15)13-25-19-8-6-5-7-18(19)24-4/h5-11,14H,12-13H2,1-4H3,(H,21,22). The zero-order valence-corrected chi connectivity index (χ0v) is 15.2. The van der Waals surface area contributed by atoms with Crippen LogP contribution in [0.3, 0.4) is 0 Å². The number of carbonyl (C=O) groups is 1. The van der Waals surface area contributed by atoms with Gasteiger partial charge in [-0.2, -0.15) is 0 Å².